The Bertz CT molecular complexity index is 1150. The van der Waals surface area contributed by atoms with E-state index in [1.54, 1.807) is 39.0 Å². The Morgan fingerprint density at radius 1 is 0.879 bits per heavy atom. The van der Waals surface area contributed by atoms with Gasteiger partial charge >= 0.3 is 0 Å². The fourth-order valence-electron chi connectivity index (χ4n) is 3.98. The number of ether oxygens (including phenoxy) is 1. The summed E-state index contributed by atoms with van der Waals surface area (Å²) in [4.78, 5) is 0.226. The van der Waals surface area contributed by atoms with Crippen LogP contribution in [0.25, 0.3) is 0 Å². The highest BCUT2D eigenvalue weighted by Crippen LogP contribution is 2.31. The van der Waals surface area contributed by atoms with Crippen molar-refractivity contribution in [2.45, 2.75) is 88.3 Å². The highest BCUT2D eigenvalue weighted by Gasteiger charge is 2.33. The van der Waals surface area contributed by atoms with Crippen molar-refractivity contribution >= 4 is 19.9 Å². The predicted octanol–water partition coefficient (Wildman–Crippen LogP) is 5.37. The van der Waals surface area contributed by atoms with Gasteiger partial charge in [0.1, 0.15) is 11.1 Å². The third-order valence-corrected chi connectivity index (χ3v) is 9.99. The number of hydrogen-bond donors (Lipinski definition) is 1. The number of benzene rings is 2. The molecular formula is C25H37NO5S2. The van der Waals surface area contributed by atoms with E-state index in [-0.39, 0.29) is 16.2 Å². The van der Waals surface area contributed by atoms with E-state index in [2.05, 4.69) is 11.6 Å². The molecule has 1 unspecified atom stereocenters. The minimum atomic E-state index is -4.10. The fourth-order valence-corrected chi connectivity index (χ4v) is 7.81. The Labute approximate surface area is 199 Å². The van der Waals surface area contributed by atoms with Gasteiger partial charge in [-0.15, -0.1) is 0 Å². The van der Waals surface area contributed by atoms with Crippen LogP contribution < -0.4 is 9.46 Å². The van der Waals surface area contributed by atoms with E-state index in [1.807, 2.05) is 6.92 Å². The maximum absolute atomic E-state index is 13.5. The van der Waals surface area contributed by atoms with Gasteiger partial charge in [-0.3, -0.25) is 0 Å². The van der Waals surface area contributed by atoms with Crippen LogP contribution in [0.2, 0.25) is 0 Å². The van der Waals surface area contributed by atoms with Crippen molar-refractivity contribution in [1.29, 1.82) is 0 Å². The third-order valence-electron chi connectivity index (χ3n) is 6.05. The highest BCUT2D eigenvalue weighted by molar-refractivity contribution is 7.94. The van der Waals surface area contributed by atoms with Gasteiger partial charge in [-0.25, -0.2) is 16.8 Å². The predicted molar refractivity (Wildman–Crippen MR) is 133 cm³/mol. The van der Waals surface area contributed by atoms with E-state index >= 15 is 0 Å². The van der Waals surface area contributed by atoms with E-state index in [0.29, 0.717) is 28.9 Å². The molecule has 0 aliphatic carbocycles. The first-order valence-electron chi connectivity index (χ1n) is 11.4. The van der Waals surface area contributed by atoms with Crippen molar-refractivity contribution in [3.8, 4) is 5.75 Å². The molecule has 0 saturated heterocycles. The SMILES string of the molecule is CCCCCCCC(NS(=O)(=O)c1c(C)cc(OC)c(C)c1C)S(=O)(=O)c1ccc(C)cc1. The lowest BCUT2D eigenvalue weighted by Crippen LogP contribution is -2.41. The highest BCUT2D eigenvalue weighted by atomic mass is 32.2. The van der Waals surface area contributed by atoms with Gasteiger partial charge in [-0.1, -0.05) is 56.7 Å². The van der Waals surface area contributed by atoms with Gasteiger partial charge in [-0.2, -0.15) is 4.72 Å². The van der Waals surface area contributed by atoms with Crippen LogP contribution in [0.1, 0.15) is 67.7 Å². The molecule has 8 heteroatoms. The first-order valence-corrected chi connectivity index (χ1v) is 14.5. The van der Waals surface area contributed by atoms with Gasteiger partial charge < -0.3 is 4.74 Å². The molecule has 0 amide bonds. The number of sulfonamides is 1. The number of rotatable bonds is 12. The molecule has 33 heavy (non-hydrogen) atoms. The molecule has 1 atom stereocenters. The van der Waals surface area contributed by atoms with Crippen molar-refractivity contribution in [1.82, 2.24) is 4.72 Å². The average Bonchev–Trinajstić information content (AvgIpc) is 2.75. The molecule has 0 aromatic heterocycles. The molecule has 0 heterocycles. The summed E-state index contributed by atoms with van der Waals surface area (Å²) >= 11 is 0. The van der Waals surface area contributed by atoms with Gasteiger partial charge in [0.2, 0.25) is 10.0 Å². The Hall–Kier alpha value is -1.90. The number of sulfone groups is 1. The summed E-state index contributed by atoms with van der Waals surface area (Å²) in [5, 5.41) is -1.24. The molecule has 0 radical (unpaired) electrons. The van der Waals surface area contributed by atoms with Crippen LogP contribution in [0.4, 0.5) is 0 Å². The van der Waals surface area contributed by atoms with Gasteiger partial charge in [0.15, 0.2) is 9.84 Å². The van der Waals surface area contributed by atoms with Crippen molar-refractivity contribution in [2.24, 2.45) is 0 Å². The number of hydrogen-bond acceptors (Lipinski definition) is 5. The molecule has 0 spiro atoms. The van der Waals surface area contributed by atoms with Crippen LogP contribution in [0.3, 0.4) is 0 Å². The second-order valence-corrected chi connectivity index (χ2v) is 12.4. The van der Waals surface area contributed by atoms with E-state index in [9.17, 15) is 16.8 Å². The van der Waals surface area contributed by atoms with E-state index in [0.717, 1.165) is 31.2 Å². The molecular weight excluding hydrogens is 458 g/mol. The Morgan fingerprint density at radius 3 is 2.06 bits per heavy atom. The monoisotopic (exact) mass is 495 g/mol. The lowest BCUT2D eigenvalue weighted by Gasteiger charge is -2.22. The maximum atomic E-state index is 13.5. The lowest BCUT2D eigenvalue weighted by atomic mass is 10.1. The molecule has 2 aromatic rings. The molecule has 1 N–H and O–H groups in total. The number of methoxy groups -OCH3 is 1. The van der Waals surface area contributed by atoms with Crippen molar-refractivity contribution < 1.29 is 21.6 Å². The third kappa shape index (κ3) is 6.58. The lowest BCUT2D eigenvalue weighted by molar-refractivity contribution is 0.410. The maximum Gasteiger partial charge on any atom is 0.242 e. The van der Waals surface area contributed by atoms with Crippen molar-refractivity contribution in [3.63, 3.8) is 0 Å². The fraction of sp³-hybridized carbons (Fsp3) is 0.520. The minimum Gasteiger partial charge on any atom is -0.496 e. The zero-order chi connectivity index (χ0) is 24.8. The topological polar surface area (TPSA) is 89.5 Å². The smallest absolute Gasteiger partial charge is 0.242 e. The number of aryl methyl sites for hydroxylation is 2. The van der Waals surface area contributed by atoms with Crippen LogP contribution in [0, 0.1) is 27.7 Å². The van der Waals surface area contributed by atoms with E-state index < -0.39 is 25.2 Å². The molecule has 184 valence electrons. The number of unbranched alkanes of at least 4 members (excludes halogenated alkanes) is 4. The second kappa shape index (κ2) is 11.5. The summed E-state index contributed by atoms with van der Waals surface area (Å²) in [7, 11) is -6.48. The van der Waals surface area contributed by atoms with Crippen LogP contribution in [-0.4, -0.2) is 29.3 Å². The van der Waals surface area contributed by atoms with Gasteiger partial charge in [-0.05, 0) is 69.0 Å². The largest absolute Gasteiger partial charge is 0.496 e. The van der Waals surface area contributed by atoms with Crippen LogP contribution in [0.15, 0.2) is 40.1 Å². The first kappa shape index (κ1) is 27.3. The zero-order valence-corrected chi connectivity index (χ0v) is 22.2. The van der Waals surface area contributed by atoms with Gasteiger partial charge in [0.05, 0.1) is 16.9 Å². The summed E-state index contributed by atoms with van der Waals surface area (Å²) in [6.45, 7) is 9.19. The van der Waals surface area contributed by atoms with Crippen molar-refractivity contribution in [3.05, 3.63) is 52.6 Å². The Morgan fingerprint density at radius 2 is 1.48 bits per heavy atom. The second-order valence-electron chi connectivity index (χ2n) is 8.65. The molecule has 2 rings (SSSR count). The zero-order valence-electron chi connectivity index (χ0n) is 20.6. The Balaban J connectivity index is 2.45. The normalized spacial score (nSPS) is 13.2. The quantitative estimate of drug-likeness (QED) is 0.400. The summed E-state index contributed by atoms with van der Waals surface area (Å²) in [5.74, 6) is 0.601. The molecule has 2 aromatic carbocycles. The van der Waals surface area contributed by atoms with E-state index in [4.69, 9.17) is 4.74 Å². The standard InChI is InChI=1S/C25H37NO5S2/c1-7-8-9-10-11-12-24(32(27,28)22-15-13-18(2)14-16-22)26-33(29,30)25-19(3)17-23(31-6)20(4)21(25)5/h13-17,24,26H,7-12H2,1-6H3. The molecule has 0 aliphatic heterocycles. The molecule has 0 saturated carbocycles. The van der Waals surface area contributed by atoms with Crippen LogP contribution in [-0.2, 0) is 19.9 Å². The van der Waals surface area contributed by atoms with Crippen LogP contribution in [0.5, 0.6) is 5.75 Å². The molecule has 0 bridgehead atoms. The van der Waals surface area contributed by atoms with Crippen molar-refractivity contribution in [2.75, 3.05) is 7.11 Å². The summed E-state index contributed by atoms with van der Waals surface area (Å²) in [5.41, 5.74) is 2.71. The summed E-state index contributed by atoms with van der Waals surface area (Å²) in [6.07, 6.45) is 4.84. The first-order chi connectivity index (χ1) is 15.5. The minimum absolute atomic E-state index is 0.107. The van der Waals surface area contributed by atoms with Gasteiger partial charge in [0.25, 0.3) is 0 Å². The molecule has 0 aliphatic rings. The molecule has 6 nitrogen and oxygen atoms in total. The molecule has 0 fully saturated rings. The average molecular weight is 496 g/mol. The summed E-state index contributed by atoms with van der Waals surface area (Å²) in [6, 6.07) is 8.20. The van der Waals surface area contributed by atoms with E-state index in [1.165, 1.54) is 19.2 Å². The Kier molecular flexibility index (Phi) is 9.52. The number of nitrogens with one attached hydrogen (secondary N) is 1. The van der Waals surface area contributed by atoms with Gasteiger partial charge in [0, 0.05) is 0 Å². The van der Waals surface area contributed by atoms with Crippen LogP contribution >= 0.6 is 0 Å². The summed E-state index contributed by atoms with van der Waals surface area (Å²) < 4.78 is 61.8.